The Labute approximate surface area is 119 Å². The lowest BCUT2D eigenvalue weighted by Gasteiger charge is -2.23. The summed E-state index contributed by atoms with van der Waals surface area (Å²) in [5, 5.41) is 8.72. The van der Waals surface area contributed by atoms with Crippen LogP contribution in [0.3, 0.4) is 0 Å². The van der Waals surface area contributed by atoms with Crippen LogP contribution in [0.4, 0.5) is 15.9 Å². The summed E-state index contributed by atoms with van der Waals surface area (Å²) in [4.78, 5) is 5.80. The lowest BCUT2D eigenvalue weighted by Crippen LogP contribution is -2.20. The second kappa shape index (κ2) is 6.30. The van der Waals surface area contributed by atoms with Crippen molar-refractivity contribution < 1.29 is 4.39 Å². The minimum atomic E-state index is -0.420. The predicted octanol–water partition coefficient (Wildman–Crippen LogP) is 4.03. The molecule has 2 rings (SSSR count). The fourth-order valence-corrected chi connectivity index (χ4v) is 2.04. The second-order valence-electron chi connectivity index (χ2n) is 3.85. The smallest absolute Gasteiger partial charge is 0.169 e. The van der Waals surface area contributed by atoms with E-state index in [-0.39, 0.29) is 5.82 Å². The molecule has 5 heteroatoms. The molecule has 1 heterocycles. The molecular formula is C14H11BrFN3. The van der Waals surface area contributed by atoms with Gasteiger partial charge in [-0.2, -0.15) is 5.26 Å². The van der Waals surface area contributed by atoms with Crippen molar-refractivity contribution in [2.75, 3.05) is 11.4 Å². The van der Waals surface area contributed by atoms with Crippen molar-refractivity contribution in [3.8, 4) is 6.07 Å². The van der Waals surface area contributed by atoms with E-state index in [2.05, 4.69) is 27.0 Å². The third-order valence-electron chi connectivity index (χ3n) is 2.56. The van der Waals surface area contributed by atoms with Gasteiger partial charge in [0.2, 0.25) is 0 Å². The van der Waals surface area contributed by atoms with E-state index in [4.69, 9.17) is 5.26 Å². The monoisotopic (exact) mass is 319 g/mol. The predicted molar refractivity (Wildman–Crippen MR) is 75.6 cm³/mol. The molecular weight excluding hydrogens is 309 g/mol. The zero-order valence-corrected chi connectivity index (χ0v) is 11.6. The molecule has 0 saturated carbocycles. The number of rotatable bonds is 4. The minimum Gasteiger partial charge on any atom is -0.323 e. The molecule has 0 N–H and O–H groups in total. The van der Waals surface area contributed by atoms with Crippen molar-refractivity contribution >= 4 is 27.4 Å². The summed E-state index contributed by atoms with van der Waals surface area (Å²) in [5.74, 6) is -0.194. The Bertz CT molecular complexity index is 595. The van der Waals surface area contributed by atoms with E-state index in [1.165, 1.54) is 6.07 Å². The number of hydrogen-bond acceptors (Lipinski definition) is 3. The van der Waals surface area contributed by atoms with Crippen molar-refractivity contribution in [1.82, 2.24) is 4.98 Å². The third-order valence-corrected chi connectivity index (χ3v) is 2.99. The van der Waals surface area contributed by atoms with E-state index >= 15 is 0 Å². The molecule has 3 nitrogen and oxygen atoms in total. The molecule has 0 spiro atoms. The van der Waals surface area contributed by atoms with Crippen LogP contribution in [-0.2, 0) is 0 Å². The summed E-state index contributed by atoms with van der Waals surface area (Å²) < 4.78 is 14.6. The number of nitrogens with zero attached hydrogens (tertiary/aromatic N) is 3. The Kier molecular flexibility index (Phi) is 4.48. The molecule has 0 radical (unpaired) electrons. The highest BCUT2D eigenvalue weighted by molar-refractivity contribution is 9.10. The molecule has 0 aliphatic rings. The first-order chi connectivity index (χ1) is 9.22. The Morgan fingerprint density at radius 2 is 2.05 bits per heavy atom. The normalized spacial score (nSPS) is 9.95. The average Bonchev–Trinajstić information content (AvgIpc) is 2.42. The van der Waals surface area contributed by atoms with Crippen LogP contribution in [0, 0.1) is 17.1 Å². The summed E-state index contributed by atoms with van der Waals surface area (Å²) >= 11 is 3.18. The Morgan fingerprint density at radius 1 is 1.32 bits per heavy atom. The van der Waals surface area contributed by atoms with Crippen LogP contribution < -0.4 is 4.90 Å². The van der Waals surface area contributed by atoms with Crippen LogP contribution >= 0.6 is 15.9 Å². The molecule has 0 bridgehead atoms. The Balaban J connectivity index is 2.40. The number of halogens is 2. The zero-order chi connectivity index (χ0) is 13.7. The van der Waals surface area contributed by atoms with Gasteiger partial charge in [0.1, 0.15) is 0 Å². The van der Waals surface area contributed by atoms with E-state index in [1.807, 2.05) is 30.3 Å². The van der Waals surface area contributed by atoms with Gasteiger partial charge in [0.25, 0.3) is 0 Å². The van der Waals surface area contributed by atoms with Crippen molar-refractivity contribution in [1.29, 1.82) is 5.26 Å². The number of anilines is 2. The van der Waals surface area contributed by atoms with E-state index in [0.717, 1.165) is 5.69 Å². The largest absolute Gasteiger partial charge is 0.323 e. The fraction of sp³-hybridized carbons (Fsp3) is 0.143. The minimum absolute atomic E-state index is 0.227. The summed E-state index contributed by atoms with van der Waals surface area (Å²) in [6.45, 7) is 0.395. The third kappa shape index (κ3) is 3.30. The highest BCUT2D eigenvalue weighted by atomic mass is 79.9. The van der Waals surface area contributed by atoms with Gasteiger partial charge in [0.15, 0.2) is 11.6 Å². The number of benzene rings is 1. The van der Waals surface area contributed by atoms with Crippen LogP contribution in [0.15, 0.2) is 47.1 Å². The second-order valence-corrected chi connectivity index (χ2v) is 4.77. The van der Waals surface area contributed by atoms with Gasteiger partial charge < -0.3 is 4.90 Å². The lowest BCUT2D eigenvalue weighted by molar-refractivity contribution is 0.617. The fourth-order valence-electron chi connectivity index (χ4n) is 1.73. The van der Waals surface area contributed by atoms with E-state index in [1.54, 1.807) is 11.1 Å². The van der Waals surface area contributed by atoms with Gasteiger partial charge in [-0.1, -0.05) is 18.2 Å². The summed E-state index contributed by atoms with van der Waals surface area (Å²) in [7, 11) is 0. The molecule has 0 aliphatic heterocycles. The van der Waals surface area contributed by atoms with Gasteiger partial charge in [-0.3, -0.25) is 0 Å². The topological polar surface area (TPSA) is 39.9 Å². The first-order valence-electron chi connectivity index (χ1n) is 5.73. The molecule has 0 aliphatic carbocycles. The highest BCUT2D eigenvalue weighted by Crippen LogP contribution is 2.27. The van der Waals surface area contributed by atoms with Gasteiger partial charge in [-0.05, 0) is 34.1 Å². The molecule has 1 aromatic carbocycles. The SMILES string of the molecule is N#CCCN(c1ccccc1)c1ncc(Br)cc1F. The van der Waals surface area contributed by atoms with E-state index < -0.39 is 5.82 Å². The summed E-state index contributed by atoms with van der Waals surface area (Å²) in [6.07, 6.45) is 1.84. The molecule has 2 aromatic rings. The number of aromatic nitrogens is 1. The van der Waals surface area contributed by atoms with Gasteiger partial charge in [0, 0.05) is 22.9 Å². The number of hydrogen-bond donors (Lipinski definition) is 0. The molecule has 0 fully saturated rings. The summed E-state index contributed by atoms with van der Waals surface area (Å²) in [5.41, 5.74) is 0.812. The average molecular weight is 320 g/mol. The van der Waals surface area contributed by atoms with Gasteiger partial charge >= 0.3 is 0 Å². The van der Waals surface area contributed by atoms with Crippen LogP contribution in [0.1, 0.15) is 6.42 Å². The quantitative estimate of drug-likeness (QED) is 0.854. The van der Waals surface area contributed by atoms with E-state index in [9.17, 15) is 4.39 Å². The Morgan fingerprint density at radius 3 is 2.68 bits per heavy atom. The van der Waals surface area contributed by atoms with Gasteiger partial charge in [-0.15, -0.1) is 0 Å². The Hall–Kier alpha value is -1.93. The summed E-state index contributed by atoms with van der Waals surface area (Å²) in [6, 6.07) is 12.8. The first-order valence-corrected chi connectivity index (χ1v) is 6.52. The van der Waals surface area contributed by atoms with E-state index in [0.29, 0.717) is 17.4 Å². The first kappa shape index (κ1) is 13.5. The molecule has 0 unspecified atom stereocenters. The van der Waals surface area contributed by atoms with Crippen molar-refractivity contribution in [3.05, 3.63) is 52.9 Å². The standard InChI is InChI=1S/C14H11BrFN3/c15-11-9-13(16)14(18-10-11)19(8-4-7-17)12-5-2-1-3-6-12/h1-3,5-6,9-10H,4,8H2. The van der Waals surface area contributed by atoms with Crippen LogP contribution in [0.2, 0.25) is 0 Å². The van der Waals surface area contributed by atoms with Gasteiger partial charge in [0.05, 0.1) is 12.5 Å². The molecule has 1 aromatic heterocycles. The molecule has 0 saturated heterocycles. The van der Waals surface area contributed by atoms with Crippen LogP contribution in [0.5, 0.6) is 0 Å². The number of para-hydroxylation sites is 1. The number of pyridine rings is 1. The highest BCUT2D eigenvalue weighted by Gasteiger charge is 2.15. The van der Waals surface area contributed by atoms with Crippen LogP contribution in [0.25, 0.3) is 0 Å². The van der Waals surface area contributed by atoms with Gasteiger partial charge in [-0.25, -0.2) is 9.37 Å². The maximum atomic E-state index is 14.0. The molecule has 19 heavy (non-hydrogen) atoms. The molecule has 96 valence electrons. The van der Waals surface area contributed by atoms with Crippen molar-refractivity contribution in [3.63, 3.8) is 0 Å². The maximum Gasteiger partial charge on any atom is 0.169 e. The molecule has 0 amide bonds. The lowest BCUT2D eigenvalue weighted by atomic mass is 10.2. The van der Waals surface area contributed by atoms with Crippen molar-refractivity contribution in [2.45, 2.75) is 6.42 Å². The van der Waals surface area contributed by atoms with Crippen LogP contribution in [-0.4, -0.2) is 11.5 Å². The molecule has 0 atom stereocenters. The zero-order valence-electron chi connectivity index (χ0n) is 10.1. The maximum absolute atomic E-state index is 14.0. The van der Waals surface area contributed by atoms with Crippen molar-refractivity contribution in [2.24, 2.45) is 0 Å². The number of nitriles is 1.